The highest BCUT2D eigenvalue weighted by Crippen LogP contribution is 2.34. The zero-order valence-electron chi connectivity index (χ0n) is 12.2. The van der Waals surface area contributed by atoms with Crippen LogP contribution in [0.1, 0.15) is 30.3 Å². The molecule has 2 nitrogen and oxygen atoms in total. The largest absolute Gasteiger partial charge is 0.237 e. The molecule has 2 aromatic rings. The lowest BCUT2D eigenvalue weighted by atomic mass is 9.85. The molecule has 1 heterocycles. The molecule has 0 amide bonds. The van der Waals surface area contributed by atoms with E-state index < -0.39 is 0 Å². The summed E-state index contributed by atoms with van der Waals surface area (Å²) in [5, 5.41) is 0. The molecule has 0 N–H and O–H groups in total. The summed E-state index contributed by atoms with van der Waals surface area (Å²) in [7, 11) is 0. The number of halogens is 1. The minimum absolute atomic E-state index is 0.201. The lowest BCUT2D eigenvalue weighted by molar-refractivity contribution is 0.627. The summed E-state index contributed by atoms with van der Waals surface area (Å²) < 4.78 is 13.0. The highest BCUT2D eigenvalue weighted by Gasteiger charge is 2.19. The van der Waals surface area contributed by atoms with Crippen LogP contribution in [0.25, 0.3) is 11.1 Å². The zero-order valence-corrected chi connectivity index (χ0v) is 12.2. The van der Waals surface area contributed by atoms with Crippen LogP contribution in [-0.2, 0) is 0 Å². The van der Waals surface area contributed by atoms with E-state index in [0.717, 1.165) is 28.9 Å². The Kier molecular flexibility index (Phi) is 3.65. The van der Waals surface area contributed by atoms with Gasteiger partial charge >= 0.3 is 0 Å². The van der Waals surface area contributed by atoms with Gasteiger partial charge in [0.15, 0.2) is 5.82 Å². The zero-order chi connectivity index (χ0) is 14.8. The van der Waals surface area contributed by atoms with Crippen LogP contribution in [0.5, 0.6) is 0 Å². The van der Waals surface area contributed by atoms with E-state index in [1.165, 1.54) is 17.7 Å². The second-order valence-corrected chi connectivity index (χ2v) is 5.51. The van der Waals surface area contributed by atoms with Crippen molar-refractivity contribution in [2.24, 2.45) is 5.92 Å². The average Bonchev–Trinajstić information content (AvgIpc) is 2.49. The van der Waals surface area contributed by atoms with Crippen LogP contribution < -0.4 is 0 Å². The first-order valence-corrected chi connectivity index (χ1v) is 7.09. The van der Waals surface area contributed by atoms with E-state index in [4.69, 9.17) is 0 Å². The molecule has 106 valence electrons. The normalized spacial score (nSPS) is 18.1. The van der Waals surface area contributed by atoms with Gasteiger partial charge in [0.05, 0.1) is 0 Å². The highest BCUT2D eigenvalue weighted by molar-refractivity contribution is 5.77. The van der Waals surface area contributed by atoms with Crippen LogP contribution in [0.3, 0.4) is 0 Å². The van der Waals surface area contributed by atoms with Gasteiger partial charge in [-0.15, -0.1) is 0 Å². The monoisotopic (exact) mass is 280 g/mol. The summed E-state index contributed by atoms with van der Waals surface area (Å²) in [5.41, 5.74) is 4.51. The Balaban J connectivity index is 1.91. The molecule has 21 heavy (non-hydrogen) atoms. The number of aryl methyl sites for hydroxylation is 1. The van der Waals surface area contributed by atoms with Gasteiger partial charge in [-0.1, -0.05) is 31.2 Å². The molecule has 0 radical (unpaired) electrons. The van der Waals surface area contributed by atoms with Crippen LogP contribution in [0.4, 0.5) is 4.39 Å². The molecule has 3 rings (SSSR count). The van der Waals surface area contributed by atoms with E-state index in [9.17, 15) is 4.39 Å². The van der Waals surface area contributed by atoms with Crippen LogP contribution >= 0.6 is 0 Å². The molecule has 1 aliphatic rings. The second kappa shape index (κ2) is 5.60. The number of allylic oxidation sites excluding steroid dienone is 4. The maximum atomic E-state index is 13.0. The Morgan fingerprint density at radius 1 is 1.05 bits per heavy atom. The first-order chi connectivity index (χ1) is 10.1. The Bertz CT molecular complexity index is 697. The summed E-state index contributed by atoms with van der Waals surface area (Å²) in [6.07, 6.45) is 8.77. The smallest absolute Gasteiger partial charge is 0.155 e. The fraction of sp³-hybridized carbons (Fsp3) is 0.222. The third-order valence-electron chi connectivity index (χ3n) is 3.78. The SMILES string of the molecule is Cc1cnc(C2=CC=C(c3ccc(F)cc3)CC2C)nc1. The number of nitrogens with zero attached hydrogens (tertiary/aromatic N) is 2. The van der Waals surface area contributed by atoms with E-state index in [-0.39, 0.29) is 5.82 Å². The molecular weight excluding hydrogens is 263 g/mol. The fourth-order valence-corrected chi connectivity index (χ4v) is 2.58. The Labute approximate surface area is 124 Å². The van der Waals surface area contributed by atoms with Crippen LogP contribution in [0, 0.1) is 18.7 Å². The summed E-state index contributed by atoms with van der Waals surface area (Å²) in [6.45, 7) is 4.15. The van der Waals surface area contributed by atoms with Gasteiger partial charge in [-0.2, -0.15) is 0 Å². The molecule has 1 atom stereocenters. The molecule has 0 fully saturated rings. The minimum atomic E-state index is -0.201. The van der Waals surface area contributed by atoms with Crippen molar-refractivity contribution in [1.29, 1.82) is 0 Å². The van der Waals surface area contributed by atoms with Crippen molar-refractivity contribution in [3.05, 3.63) is 71.6 Å². The summed E-state index contributed by atoms with van der Waals surface area (Å²) >= 11 is 0. The van der Waals surface area contributed by atoms with Gasteiger partial charge in [0.25, 0.3) is 0 Å². The van der Waals surface area contributed by atoms with Crippen molar-refractivity contribution in [1.82, 2.24) is 9.97 Å². The van der Waals surface area contributed by atoms with E-state index in [1.54, 1.807) is 0 Å². The first kappa shape index (κ1) is 13.7. The quantitative estimate of drug-likeness (QED) is 0.813. The second-order valence-electron chi connectivity index (χ2n) is 5.51. The predicted molar refractivity (Wildman–Crippen MR) is 82.9 cm³/mol. The van der Waals surface area contributed by atoms with Gasteiger partial charge in [0.1, 0.15) is 5.82 Å². The third kappa shape index (κ3) is 2.92. The lowest BCUT2D eigenvalue weighted by Gasteiger charge is -2.21. The van der Waals surface area contributed by atoms with Crippen LogP contribution in [0.15, 0.2) is 48.8 Å². The molecule has 1 unspecified atom stereocenters. The summed E-state index contributed by atoms with van der Waals surface area (Å²) in [6, 6.07) is 6.66. The highest BCUT2D eigenvalue weighted by atomic mass is 19.1. The maximum Gasteiger partial charge on any atom is 0.155 e. The third-order valence-corrected chi connectivity index (χ3v) is 3.78. The molecule has 1 aliphatic carbocycles. The van der Waals surface area contributed by atoms with Crippen molar-refractivity contribution >= 4 is 11.1 Å². The maximum absolute atomic E-state index is 13.0. The molecule has 3 heteroatoms. The van der Waals surface area contributed by atoms with Gasteiger partial charge in [-0.25, -0.2) is 14.4 Å². The van der Waals surface area contributed by atoms with E-state index in [1.807, 2.05) is 31.5 Å². The topological polar surface area (TPSA) is 25.8 Å². The van der Waals surface area contributed by atoms with Crippen LogP contribution in [0.2, 0.25) is 0 Å². The van der Waals surface area contributed by atoms with E-state index >= 15 is 0 Å². The molecule has 1 aromatic heterocycles. The van der Waals surface area contributed by atoms with Gasteiger partial charge in [0.2, 0.25) is 0 Å². The molecule has 0 spiro atoms. The van der Waals surface area contributed by atoms with Crippen LogP contribution in [-0.4, -0.2) is 9.97 Å². The molecule has 0 aliphatic heterocycles. The van der Waals surface area contributed by atoms with E-state index in [2.05, 4.69) is 29.0 Å². The standard InChI is InChI=1S/C18H17FN2/c1-12-10-20-18(21-11-12)17-8-5-15(9-13(17)2)14-3-6-16(19)7-4-14/h3-8,10-11,13H,9H2,1-2H3. The Hall–Kier alpha value is -2.29. The number of benzene rings is 1. The van der Waals surface area contributed by atoms with Crippen molar-refractivity contribution in [2.75, 3.05) is 0 Å². The summed E-state index contributed by atoms with van der Waals surface area (Å²) in [5.74, 6) is 0.938. The predicted octanol–water partition coefficient (Wildman–Crippen LogP) is 4.43. The van der Waals surface area contributed by atoms with Crippen molar-refractivity contribution in [2.45, 2.75) is 20.3 Å². The fourth-order valence-electron chi connectivity index (χ4n) is 2.58. The minimum Gasteiger partial charge on any atom is -0.237 e. The van der Waals surface area contributed by atoms with Gasteiger partial charge < -0.3 is 0 Å². The van der Waals surface area contributed by atoms with Gasteiger partial charge in [0, 0.05) is 12.4 Å². The molecular formula is C18H17FN2. The number of hydrogen-bond acceptors (Lipinski definition) is 2. The Morgan fingerprint density at radius 3 is 2.33 bits per heavy atom. The molecule has 0 saturated heterocycles. The average molecular weight is 280 g/mol. The molecule has 0 bridgehead atoms. The van der Waals surface area contributed by atoms with Crippen molar-refractivity contribution in [3.8, 4) is 0 Å². The molecule has 0 saturated carbocycles. The number of aromatic nitrogens is 2. The van der Waals surface area contributed by atoms with Gasteiger partial charge in [-0.3, -0.25) is 0 Å². The first-order valence-electron chi connectivity index (χ1n) is 7.09. The van der Waals surface area contributed by atoms with Gasteiger partial charge in [-0.05, 0) is 53.7 Å². The van der Waals surface area contributed by atoms with Crippen molar-refractivity contribution in [3.63, 3.8) is 0 Å². The van der Waals surface area contributed by atoms with E-state index in [0.29, 0.717) is 5.92 Å². The lowest BCUT2D eigenvalue weighted by Crippen LogP contribution is -2.07. The number of rotatable bonds is 2. The number of hydrogen-bond donors (Lipinski definition) is 0. The summed E-state index contributed by atoms with van der Waals surface area (Å²) in [4.78, 5) is 8.81. The molecule has 1 aromatic carbocycles. The Morgan fingerprint density at radius 2 is 1.71 bits per heavy atom. The van der Waals surface area contributed by atoms with Crippen molar-refractivity contribution < 1.29 is 4.39 Å².